The summed E-state index contributed by atoms with van der Waals surface area (Å²) in [4.78, 5) is 12.2. The Labute approximate surface area is 137 Å². The number of hydrogen-bond donors (Lipinski definition) is 3. The van der Waals surface area contributed by atoms with Crippen LogP contribution in [0.4, 0.5) is 0 Å². The Hall–Kier alpha value is -0.710. The van der Waals surface area contributed by atoms with Gasteiger partial charge < -0.3 is 15.3 Å². The zero-order chi connectivity index (χ0) is 16.6. The van der Waals surface area contributed by atoms with Gasteiger partial charge in [-0.15, -0.1) is 0 Å². The third kappa shape index (κ3) is 1.98. The van der Waals surface area contributed by atoms with E-state index in [1.165, 1.54) is 5.57 Å². The number of rotatable bonds is 0. The predicted octanol–water partition coefficient (Wildman–Crippen LogP) is 1.82. The number of ketones is 1. The van der Waals surface area contributed by atoms with E-state index in [4.69, 9.17) is 0 Å². The number of aliphatic hydroxyl groups excluding tert-OH is 3. The molecule has 3 saturated carbocycles. The molecule has 0 aromatic carbocycles. The van der Waals surface area contributed by atoms with E-state index in [0.29, 0.717) is 18.8 Å². The van der Waals surface area contributed by atoms with Crippen molar-refractivity contribution in [3.8, 4) is 0 Å². The van der Waals surface area contributed by atoms with E-state index < -0.39 is 12.2 Å². The molecule has 4 nitrogen and oxygen atoms in total. The molecule has 0 amide bonds. The molecule has 0 saturated heterocycles. The van der Waals surface area contributed by atoms with Gasteiger partial charge in [0.15, 0.2) is 5.78 Å². The molecule has 23 heavy (non-hydrogen) atoms. The lowest BCUT2D eigenvalue weighted by Crippen LogP contribution is -2.55. The summed E-state index contributed by atoms with van der Waals surface area (Å²) < 4.78 is 0. The molecule has 0 heterocycles. The van der Waals surface area contributed by atoms with Gasteiger partial charge in [0.1, 0.15) is 6.10 Å². The van der Waals surface area contributed by atoms with Crippen LogP contribution in [0.5, 0.6) is 0 Å². The van der Waals surface area contributed by atoms with E-state index in [-0.39, 0.29) is 34.6 Å². The van der Waals surface area contributed by atoms with Gasteiger partial charge in [-0.05, 0) is 55.3 Å². The van der Waals surface area contributed by atoms with Gasteiger partial charge in [0.2, 0.25) is 0 Å². The fourth-order valence-electron chi connectivity index (χ4n) is 6.40. The van der Waals surface area contributed by atoms with Gasteiger partial charge in [0, 0.05) is 11.8 Å². The molecule has 4 rings (SSSR count). The lowest BCUT2D eigenvalue weighted by molar-refractivity contribution is -0.130. The lowest BCUT2D eigenvalue weighted by atomic mass is 9.47. The van der Waals surface area contributed by atoms with E-state index in [1.807, 2.05) is 13.0 Å². The maximum atomic E-state index is 12.2. The van der Waals surface area contributed by atoms with Crippen molar-refractivity contribution in [1.82, 2.24) is 0 Å². The number of carbonyl (C=O) groups is 1. The zero-order valence-electron chi connectivity index (χ0n) is 14.0. The fourth-order valence-corrected chi connectivity index (χ4v) is 6.40. The van der Waals surface area contributed by atoms with Crippen molar-refractivity contribution in [2.24, 2.45) is 28.6 Å². The molecule has 0 aliphatic heterocycles. The highest BCUT2D eigenvalue weighted by Crippen LogP contribution is 2.64. The van der Waals surface area contributed by atoms with Gasteiger partial charge in [0.05, 0.1) is 12.2 Å². The molecule has 4 aliphatic carbocycles. The number of aliphatic hydroxyl groups is 3. The number of fused-ring (bicyclic) bond motifs is 5. The SMILES string of the molecule is C[C@]12CC[C@H]3[C@@H]([C@H](O)C=C4C[C@@H](O)CC[C@@]43C)[C@@H]1CC(=O)[C@H]2O. The van der Waals surface area contributed by atoms with Crippen LogP contribution in [0.15, 0.2) is 11.6 Å². The fraction of sp³-hybridized carbons (Fsp3) is 0.842. The molecule has 4 heteroatoms. The maximum absolute atomic E-state index is 12.2. The van der Waals surface area contributed by atoms with Gasteiger partial charge in [-0.3, -0.25) is 4.79 Å². The summed E-state index contributed by atoms with van der Waals surface area (Å²) in [5.74, 6) is 0.421. The Morgan fingerprint density at radius 1 is 1.04 bits per heavy atom. The average molecular weight is 320 g/mol. The van der Waals surface area contributed by atoms with Gasteiger partial charge >= 0.3 is 0 Å². The minimum atomic E-state index is -0.869. The molecular weight excluding hydrogens is 292 g/mol. The molecule has 0 bridgehead atoms. The summed E-state index contributed by atoms with van der Waals surface area (Å²) in [6.07, 6.45) is 4.88. The van der Waals surface area contributed by atoms with Crippen LogP contribution >= 0.6 is 0 Å². The molecule has 3 N–H and O–H groups in total. The Morgan fingerprint density at radius 2 is 1.78 bits per heavy atom. The van der Waals surface area contributed by atoms with Crippen molar-refractivity contribution in [1.29, 1.82) is 0 Å². The van der Waals surface area contributed by atoms with Crippen LogP contribution in [-0.4, -0.2) is 39.4 Å². The standard InChI is InChI=1S/C19H28O4/c1-18-5-3-11(20)7-10(18)8-14(21)16-12(18)4-6-19(2)13(16)9-15(22)17(19)23/h8,11-14,16-17,20-21,23H,3-7,9H2,1-2H3/t11-,12-,13-,14+,16+,17+,18-,19-/m0/s1. The molecule has 128 valence electrons. The highest BCUT2D eigenvalue weighted by Gasteiger charge is 2.62. The molecule has 8 atom stereocenters. The van der Waals surface area contributed by atoms with Crippen LogP contribution < -0.4 is 0 Å². The van der Waals surface area contributed by atoms with Gasteiger partial charge in [-0.1, -0.05) is 25.5 Å². The molecule has 0 aromatic heterocycles. The third-order valence-electron chi connectivity index (χ3n) is 7.89. The van der Waals surface area contributed by atoms with Crippen molar-refractivity contribution in [2.75, 3.05) is 0 Å². The highest BCUT2D eigenvalue weighted by molar-refractivity contribution is 5.86. The normalized spacial score (nSPS) is 55.7. The number of Topliss-reactive ketones (excluding diaryl/α,β-unsaturated/α-hetero) is 1. The van der Waals surface area contributed by atoms with Crippen LogP contribution in [0, 0.1) is 28.6 Å². The van der Waals surface area contributed by atoms with Crippen molar-refractivity contribution in [3.63, 3.8) is 0 Å². The van der Waals surface area contributed by atoms with Gasteiger partial charge in [-0.25, -0.2) is 0 Å². The van der Waals surface area contributed by atoms with Gasteiger partial charge in [-0.2, -0.15) is 0 Å². The molecule has 0 aromatic rings. The van der Waals surface area contributed by atoms with Crippen molar-refractivity contribution in [3.05, 3.63) is 11.6 Å². The molecular formula is C19H28O4. The molecule has 0 spiro atoms. The van der Waals surface area contributed by atoms with Crippen LogP contribution in [0.2, 0.25) is 0 Å². The van der Waals surface area contributed by atoms with Crippen molar-refractivity contribution in [2.45, 2.75) is 70.7 Å². The second kappa shape index (κ2) is 4.90. The maximum Gasteiger partial charge on any atom is 0.162 e. The lowest BCUT2D eigenvalue weighted by Gasteiger charge is -2.58. The number of carbonyl (C=O) groups excluding carboxylic acids is 1. The van der Waals surface area contributed by atoms with Crippen molar-refractivity contribution >= 4 is 5.78 Å². The second-order valence-electron chi connectivity index (χ2n) is 8.90. The van der Waals surface area contributed by atoms with E-state index >= 15 is 0 Å². The first-order valence-electron chi connectivity index (χ1n) is 9.05. The predicted molar refractivity (Wildman–Crippen MR) is 85.5 cm³/mol. The smallest absolute Gasteiger partial charge is 0.162 e. The Bertz CT molecular complexity index is 570. The Morgan fingerprint density at radius 3 is 2.52 bits per heavy atom. The van der Waals surface area contributed by atoms with E-state index in [1.54, 1.807) is 0 Å². The van der Waals surface area contributed by atoms with Crippen LogP contribution in [0.3, 0.4) is 0 Å². The number of hydrogen-bond acceptors (Lipinski definition) is 4. The summed E-state index contributed by atoms with van der Waals surface area (Å²) in [5.41, 5.74) is 0.856. The third-order valence-corrected chi connectivity index (χ3v) is 7.89. The van der Waals surface area contributed by atoms with E-state index in [0.717, 1.165) is 25.7 Å². The van der Waals surface area contributed by atoms with E-state index in [2.05, 4.69) is 6.92 Å². The van der Waals surface area contributed by atoms with Crippen LogP contribution in [-0.2, 0) is 4.79 Å². The highest BCUT2D eigenvalue weighted by atomic mass is 16.3. The zero-order valence-corrected chi connectivity index (χ0v) is 14.0. The minimum absolute atomic E-state index is 0.0288. The second-order valence-corrected chi connectivity index (χ2v) is 8.90. The summed E-state index contributed by atoms with van der Waals surface area (Å²) in [6.45, 7) is 4.31. The van der Waals surface area contributed by atoms with E-state index in [9.17, 15) is 20.1 Å². The molecule has 3 fully saturated rings. The van der Waals surface area contributed by atoms with Gasteiger partial charge in [0.25, 0.3) is 0 Å². The average Bonchev–Trinajstić information content (AvgIpc) is 2.73. The summed E-state index contributed by atoms with van der Waals surface area (Å²) >= 11 is 0. The van der Waals surface area contributed by atoms with Crippen LogP contribution in [0.1, 0.15) is 52.4 Å². The largest absolute Gasteiger partial charge is 0.393 e. The first kappa shape index (κ1) is 15.8. The van der Waals surface area contributed by atoms with Crippen molar-refractivity contribution < 1.29 is 20.1 Å². The quantitative estimate of drug-likeness (QED) is 0.595. The Kier molecular flexibility index (Phi) is 3.37. The van der Waals surface area contributed by atoms with Crippen LogP contribution in [0.25, 0.3) is 0 Å². The summed E-state index contributed by atoms with van der Waals surface area (Å²) in [5, 5.41) is 31.2. The molecule has 0 radical (unpaired) electrons. The first-order chi connectivity index (χ1) is 10.8. The monoisotopic (exact) mass is 320 g/mol. The molecule has 0 unspecified atom stereocenters. The first-order valence-corrected chi connectivity index (χ1v) is 9.05. The topological polar surface area (TPSA) is 77.8 Å². The molecule has 4 aliphatic rings. The summed E-state index contributed by atoms with van der Waals surface area (Å²) in [6, 6.07) is 0. The minimum Gasteiger partial charge on any atom is -0.393 e. The summed E-state index contributed by atoms with van der Waals surface area (Å²) in [7, 11) is 0. The Balaban J connectivity index is 1.75.